The molecule has 1 aromatic carbocycles. The van der Waals surface area contributed by atoms with Gasteiger partial charge in [0.05, 0.1) is 13.2 Å². The van der Waals surface area contributed by atoms with Crippen molar-refractivity contribution in [3.8, 4) is 5.75 Å². The van der Waals surface area contributed by atoms with E-state index in [-0.39, 0.29) is 17.9 Å². The van der Waals surface area contributed by atoms with Crippen LogP contribution in [0.1, 0.15) is 31.7 Å². The van der Waals surface area contributed by atoms with E-state index < -0.39 is 0 Å². The number of nitrogens with one attached hydrogen (secondary N) is 1. The van der Waals surface area contributed by atoms with Gasteiger partial charge in [0.2, 0.25) is 5.91 Å². The Kier molecular flexibility index (Phi) is 5.88. The molecule has 1 fully saturated rings. The predicted molar refractivity (Wildman–Crippen MR) is 82.6 cm³/mol. The summed E-state index contributed by atoms with van der Waals surface area (Å²) in [5.41, 5.74) is 0.887. The first kappa shape index (κ1) is 16.1. The Bertz CT molecular complexity index is 492. The molecule has 4 nitrogen and oxygen atoms in total. The molecule has 1 heterocycles. The lowest BCUT2D eigenvalue weighted by atomic mass is 9.93. The van der Waals surface area contributed by atoms with Gasteiger partial charge in [-0.3, -0.25) is 4.79 Å². The Morgan fingerprint density at radius 2 is 2.33 bits per heavy atom. The highest BCUT2D eigenvalue weighted by Gasteiger charge is 2.26. The number of hydrogen-bond donors (Lipinski definition) is 1. The highest BCUT2D eigenvalue weighted by Crippen LogP contribution is 2.24. The number of halogens is 1. The third-order valence-corrected chi connectivity index (χ3v) is 4.12. The van der Waals surface area contributed by atoms with Crippen LogP contribution < -0.4 is 10.1 Å². The molecule has 1 amide bonds. The van der Waals surface area contributed by atoms with E-state index in [1.807, 2.05) is 12.1 Å². The maximum absolute atomic E-state index is 12.3. The van der Waals surface area contributed by atoms with Crippen LogP contribution in [0.4, 0.5) is 0 Å². The number of methoxy groups -OCH3 is 1. The van der Waals surface area contributed by atoms with E-state index in [0.29, 0.717) is 18.2 Å². The number of benzene rings is 1. The summed E-state index contributed by atoms with van der Waals surface area (Å²) >= 11 is 5.99. The zero-order chi connectivity index (χ0) is 15.2. The maximum Gasteiger partial charge on any atom is 0.223 e. The molecule has 0 spiro atoms. The molecule has 1 N–H and O–H groups in total. The van der Waals surface area contributed by atoms with Crippen molar-refractivity contribution >= 4 is 17.5 Å². The van der Waals surface area contributed by atoms with E-state index in [4.69, 9.17) is 21.1 Å². The van der Waals surface area contributed by atoms with Crippen molar-refractivity contribution in [1.29, 1.82) is 0 Å². The van der Waals surface area contributed by atoms with Crippen molar-refractivity contribution < 1.29 is 14.3 Å². The average molecular weight is 312 g/mol. The van der Waals surface area contributed by atoms with Gasteiger partial charge in [-0.1, -0.05) is 18.5 Å². The molecule has 21 heavy (non-hydrogen) atoms. The van der Waals surface area contributed by atoms with E-state index in [0.717, 1.165) is 30.6 Å². The van der Waals surface area contributed by atoms with Crippen molar-refractivity contribution in [3.05, 3.63) is 28.8 Å². The summed E-state index contributed by atoms with van der Waals surface area (Å²) in [6.07, 6.45) is 2.74. The second-order valence-corrected chi connectivity index (χ2v) is 5.73. The van der Waals surface area contributed by atoms with Gasteiger partial charge >= 0.3 is 0 Å². The minimum absolute atomic E-state index is 0.0360. The van der Waals surface area contributed by atoms with Crippen LogP contribution >= 0.6 is 11.6 Å². The highest BCUT2D eigenvalue weighted by molar-refractivity contribution is 6.30. The van der Waals surface area contributed by atoms with Crippen LogP contribution in [0.3, 0.4) is 0 Å². The van der Waals surface area contributed by atoms with Gasteiger partial charge in [-0.2, -0.15) is 0 Å². The summed E-state index contributed by atoms with van der Waals surface area (Å²) in [5.74, 6) is 0.853. The summed E-state index contributed by atoms with van der Waals surface area (Å²) in [6, 6.07) is 5.40. The summed E-state index contributed by atoms with van der Waals surface area (Å²) in [6.45, 7) is 3.18. The van der Waals surface area contributed by atoms with Gasteiger partial charge in [0.25, 0.3) is 0 Å². The number of carbonyl (C=O) groups excluding carboxylic acids is 1. The lowest BCUT2D eigenvalue weighted by molar-refractivity contribution is -0.130. The number of amides is 1. The van der Waals surface area contributed by atoms with E-state index in [1.165, 1.54) is 0 Å². The van der Waals surface area contributed by atoms with Gasteiger partial charge in [0.15, 0.2) is 0 Å². The summed E-state index contributed by atoms with van der Waals surface area (Å²) in [4.78, 5) is 12.3. The Hall–Kier alpha value is -1.26. The zero-order valence-corrected chi connectivity index (χ0v) is 13.3. The van der Waals surface area contributed by atoms with Gasteiger partial charge < -0.3 is 14.8 Å². The SMILES string of the molecule is CC[C@H]1C[C@@H](C(=O)NCc2cc(Cl)ccc2OC)CCO1. The Morgan fingerprint density at radius 3 is 3.05 bits per heavy atom. The highest BCUT2D eigenvalue weighted by atomic mass is 35.5. The molecule has 1 saturated heterocycles. The van der Waals surface area contributed by atoms with Crippen LogP contribution in [0.5, 0.6) is 5.75 Å². The van der Waals surface area contributed by atoms with Crippen LogP contribution in [0, 0.1) is 5.92 Å². The fourth-order valence-corrected chi connectivity index (χ4v) is 2.81. The molecule has 0 radical (unpaired) electrons. The van der Waals surface area contributed by atoms with Gasteiger partial charge in [0, 0.05) is 29.7 Å². The third-order valence-electron chi connectivity index (χ3n) is 3.89. The molecule has 2 rings (SSSR count). The average Bonchev–Trinajstić information content (AvgIpc) is 2.52. The molecule has 1 aliphatic heterocycles. The maximum atomic E-state index is 12.3. The first-order chi connectivity index (χ1) is 10.1. The fourth-order valence-electron chi connectivity index (χ4n) is 2.61. The molecular weight excluding hydrogens is 290 g/mol. The van der Waals surface area contributed by atoms with Crippen molar-refractivity contribution in [3.63, 3.8) is 0 Å². The summed E-state index contributed by atoms with van der Waals surface area (Å²) in [5, 5.41) is 3.62. The first-order valence-corrected chi connectivity index (χ1v) is 7.73. The van der Waals surface area contributed by atoms with E-state index in [2.05, 4.69) is 12.2 Å². The quantitative estimate of drug-likeness (QED) is 0.908. The van der Waals surface area contributed by atoms with Gasteiger partial charge in [0.1, 0.15) is 5.75 Å². The number of ether oxygens (including phenoxy) is 2. The van der Waals surface area contributed by atoms with Crippen LogP contribution in [0.15, 0.2) is 18.2 Å². The fraction of sp³-hybridized carbons (Fsp3) is 0.562. The van der Waals surface area contributed by atoms with Crippen LogP contribution in [0.25, 0.3) is 0 Å². The Balaban J connectivity index is 1.93. The second kappa shape index (κ2) is 7.66. The largest absolute Gasteiger partial charge is 0.496 e. The summed E-state index contributed by atoms with van der Waals surface area (Å²) < 4.78 is 10.9. The standard InChI is InChI=1S/C16H22ClNO3/c1-3-14-9-11(6-7-21-14)16(19)18-10-12-8-13(17)4-5-15(12)20-2/h4-5,8,11,14H,3,6-7,9-10H2,1-2H3,(H,18,19)/t11-,14-/m0/s1. The monoisotopic (exact) mass is 311 g/mol. The van der Waals surface area contributed by atoms with Gasteiger partial charge in [-0.05, 0) is 37.5 Å². The van der Waals surface area contributed by atoms with Crippen molar-refractivity contribution in [2.24, 2.45) is 5.92 Å². The first-order valence-electron chi connectivity index (χ1n) is 7.35. The lowest BCUT2D eigenvalue weighted by Crippen LogP contribution is -2.36. The second-order valence-electron chi connectivity index (χ2n) is 5.30. The number of rotatable bonds is 5. The molecule has 0 unspecified atom stereocenters. The Morgan fingerprint density at radius 1 is 1.52 bits per heavy atom. The van der Waals surface area contributed by atoms with Crippen molar-refractivity contribution in [2.45, 2.75) is 38.8 Å². The van der Waals surface area contributed by atoms with E-state index in [9.17, 15) is 4.79 Å². The van der Waals surface area contributed by atoms with E-state index >= 15 is 0 Å². The molecule has 0 bridgehead atoms. The van der Waals surface area contributed by atoms with Crippen molar-refractivity contribution in [1.82, 2.24) is 5.32 Å². The molecule has 5 heteroatoms. The minimum Gasteiger partial charge on any atom is -0.496 e. The topological polar surface area (TPSA) is 47.6 Å². The zero-order valence-electron chi connectivity index (χ0n) is 12.5. The smallest absolute Gasteiger partial charge is 0.223 e. The molecule has 116 valence electrons. The lowest BCUT2D eigenvalue weighted by Gasteiger charge is -2.28. The van der Waals surface area contributed by atoms with E-state index in [1.54, 1.807) is 13.2 Å². The third kappa shape index (κ3) is 4.35. The van der Waals surface area contributed by atoms with Crippen LogP contribution in [0.2, 0.25) is 5.02 Å². The normalized spacial score (nSPS) is 21.9. The molecule has 0 aromatic heterocycles. The molecule has 1 aromatic rings. The molecule has 1 aliphatic rings. The molecule has 0 aliphatic carbocycles. The van der Waals surface area contributed by atoms with Crippen LogP contribution in [-0.4, -0.2) is 25.7 Å². The predicted octanol–water partition coefficient (Wildman–Crippen LogP) is 3.17. The minimum atomic E-state index is 0.0360. The number of carbonyl (C=O) groups is 1. The molecule has 2 atom stereocenters. The Labute approximate surface area is 130 Å². The molecule has 0 saturated carbocycles. The molecular formula is C16H22ClNO3. The van der Waals surface area contributed by atoms with Gasteiger partial charge in [-0.25, -0.2) is 0 Å². The number of hydrogen-bond acceptors (Lipinski definition) is 3. The van der Waals surface area contributed by atoms with Gasteiger partial charge in [-0.15, -0.1) is 0 Å². The van der Waals surface area contributed by atoms with Crippen molar-refractivity contribution in [2.75, 3.05) is 13.7 Å². The summed E-state index contributed by atoms with van der Waals surface area (Å²) in [7, 11) is 1.61. The van der Waals surface area contributed by atoms with Crippen LogP contribution in [-0.2, 0) is 16.1 Å².